The van der Waals surface area contributed by atoms with Crippen LogP contribution >= 0.6 is 22.7 Å². The Morgan fingerprint density at radius 1 is 1.03 bits per heavy atom. The van der Waals surface area contributed by atoms with Crippen LogP contribution in [0.4, 0.5) is 20.2 Å². The van der Waals surface area contributed by atoms with E-state index in [4.69, 9.17) is 0 Å². The van der Waals surface area contributed by atoms with Crippen LogP contribution < -0.4 is 5.01 Å². The first kappa shape index (κ1) is 21.1. The summed E-state index contributed by atoms with van der Waals surface area (Å²) < 4.78 is 14.1. The summed E-state index contributed by atoms with van der Waals surface area (Å²) in [4.78, 5) is 38.5. The molecule has 0 atom stereocenters. The van der Waals surface area contributed by atoms with Crippen LogP contribution in [-0.2, 0) is 0 Å². The number of thiophene rings is 1. The minimum absolute atomic E-state index is 0.0878. The number of aromatic nitrogens is 1. The van der Waals surface area contributed by atoms with Crippen LogP contribution in [0.2, 0.25) is 0 Å². The summed E-state index contributed by atoms with van der Waals surface area (Å²) >= 11 is 1.89. The SMILES string of the molecule is O=C(c1ccc([N+](=O)[O-])cc1)N(/N=C/c1ccc([N+](=O)[O-])s1)c1nc2ccc(F)cc2s1. The zero-order chi connectivity index (χ0) is 22.8. The lowest BCUT2D eigenvalue weighted by atomic mass is 10.2. The molecular formula is C19H10FN5O5S2. The topological polar surface area (TPSA) is 132 Å². The lowest BCUT2D eigenvalue weighted by molar-refractivity contribution is -0.384. The van der Waals surface area contributed by atoms with Gasteiger partial charge in [-0.1, -0.05) is 22.7 Å². The van der Waals surface area contributed by atoms with Crippen molar-refractivity contribution < 1.29 is 19.0 Å². The van der Waals surface area contributed by atoms with Gasteiger partial charge in [0.2, 0.25) is 5.13 Å². The zero-order valence-electron chi connectivity index (χ0n) is 15.7. The average molecular weight is 471 g/mol. The molecule has 32 heavy (non-hydrogen) atoms. The zero-order valence-corrected chi connectivity index (χ0v) is 17.4. The second kappa shape index (κ2) is 8.56. The molecular weight excluding hydrogens is 461 g/mol. The molecule has 4 aromatic rings. The van der Waals surface area contributed by atoms with Gasteiger partial charge in [0.1, 0.15) is 5.82 Å². The highest BCUT2D eigenvalue weighted by atomic mass is 32.1. The number of carbonyl (C=O) groups is 1. The largest absolute Gasteiger partial charge is 0.324 e. The van der Waals surface area contributed by atoms with Crippen LogP contribution in [0.5, 0.6) is 0 Å². The molecule has 0 spiro atoms. The van der Waals surface area contributed by atoms with Crippen LogP contribution in [0.3, 0.4) is 0 Å². The van der Waals surface area contributed by atoms with Gasteiger partial charge in [-0.15, -0.1) is 0 Å². The molecule has 1 amide bonds. The molecule has 0 saturated carbocycles. The number of fused-ring (bicyclic) bond motifs is 1. The normalized spacial score (nSPS) is 11.2. The summed E-state index contributed by atoms with van der Waals surface area (Å²) in [7, 11) is 0. The number of hydrazone groups is 1. The van der Waals surface area contributed by atoms with Crippen molar-refractivity contribution in [1.82, 2.24) is 4.98 Å². The summed E-state index contributed by atoms with van der Waals surface area (Å²) in [5.41, 5.74) is 0.378. The number of non-ortho nitro benzene ring substituents is 1. The van der Waals surface area contributed by atoms with Crippen molar-refractivity contribution in [2.45, 2.75) is 0 Å². The van der Waals surface area contributed by atoms with Crippen LogP contribution in [0, 0.1) is 26.0 Å². The molecule has 2 aromatic heterocycles. The molecule has 0 N–H and O–H groups in total. The van der Waals surface area contributed by atoms with E-state index in [2.05, 4.69) is 10.1 Å². The van der Waals surface area contributed by atoms with Crippen molar-refractivity contribution in [3.63, 3.8) is 0 Å². The van der Waals surface area contributed by atoms with Gasteiger partial charge >= 0.3 is 5.00 Å². The number of rotatable bonds is 6. The number of anilines is 1. The lowest BCUT2D eigenvalue weighted by Gasteiger charge is -2.13. The Hall–Kier alpha value is -4.10. The van der Waals surface area contributed by atoms with Crippen molar-refractivity contribution in [2.75, 3.05) is 5.01 Å². The second-order valence-corrected chi connectivity index (χ2v) is 8.31. The van der Waals surface area contributed by atoms with E-state index in [1.54, 1.807) is 0 Å². The summed E-state index contributed by atoms with van der Waals surface area (Å²) in [6.45, 7) is 0. The number of benzene rings is 2. The number of hydrogen-bond acceptors (Lipinski definition) is 9. The maximum atomic E-state index is 13.6. The smallest absolute Gasteiger partial charge is 0.267 e. The number of halogens is 1. The molecule has 4 rings (SSSR count). The molecule has 13 heteroatoms. The van der Waals surface area contributed by atoms with Crippen LogP contribution in [0.25, 0.3) is 10.2 Å². The van der Waals surface area contributed by atoms with E-state index in [0.717, 1.165) is 27.7 Å². The van der Waals surface area contributed by atoms with Crippen molar-refractivity contribution in [1.29, 1.82) is 0 Å². The molecule has 2 aromatic carbocycles. The fraction of sp³-hybridized carbons (Fsp3) is 0. The predicted octanol–water partition coefficient (Wildman–Crippen LogP) is 4.99. The van der Waals surface area contributed by atoms with Gasteiger partial charge in [-0.05, 0) is 36.4 Å². The van der Waals surface area contributed by atoms with E-state index < -0.39 is 21.6 Å². The fourth-order valence-electron chi connectivity index (χ4n) is 2.64. The molecule has 2 heterocycles. The minimum Gasteiger partial charge on any atom is -0.267 e. The van der Waals surface area contributed by atoms with Gasteiger partial charge in [0.15, 0.2) is 0 Å². The Balaban J connectivity index is 1.73. The van der Waals surface area contributed by atoms with E-state index in [1.165, 1.54) is 60.8 Å². The molecule has 10 nitrogen and oxygen atoms in total. The number of nitro groups is 2. The van der Waals surface area contributed by atoms with Crippen molar-refractivity contribution in [3.05, 3.63) is 91.1 Å². The number of hydrogen-bond donors (Lipinski definition) is 0. The summed E-state index contributed by atoms with van der Waals surface area (Å²) in [6, 6.07) is 11.7. The third-order valence-corrected chi connectivity index (χ3v) is 6.10. The first-order chi connectivity index (χ1) is 15.3. The van der Waals surface area contributed by atoms with Crippen molar-refractivity contribution in [2.24, 2.45) is 5.10 Å². The van der Waals surface area contributed by atoms with E-state index in [1.807, 2.05) is 0 Å². The Bertz CT molecular complexity index is 1380. The molecule has 160 valence electrons. The van der Waals surface area contributed by atoms with Crippen molar-refractivity contribution >= 4 is 60.8 Å². The predicted molar refractivity (Wildman–Crippen MR) is 118 cm³/mol. The van der Waals surface area contributed by atoms with Gasteiger partial charge in [0.25, 0.3) is 11.6 Å². The van der Waals surface area contributed by atoms with Gasteiger partial charge in [-0.25, -0.2) is 9.37 Å². The number of nitrogens with zero attached hydrogens (tertiary/aromatic N) is 5. The molecule has 0 unspecified atom stereocenters. The number of carbonyl (C=O) groups excluding carboxylic acids is 1. The van der Waals surface area contributed by atoms with Gasteiger partial charge in [0, 0.05) is 23.8 Å². The first-order valence-corrected chi connectivity index (χ1v) is 10.4. The maximum absolute atomic E-state index is 13.6. The summed E-state index contributed by atoms with van der Waals surface area (Å²) in [5, 5.41) is 26.9. The molecule has 0 aliphatic carbocycles. The van der Waals surface area contributed by atoms with Gasteiger partial charge < -0.3 is 0 Å². The van der Waals surface area contributed by atoms with E-state index in [-0.39, 0.29) is 21.4 Å². The molecule has 0 aliphatic heterocycles. The van der Waals surface area contributed by atoms with Crippen LogP contribution in [0.15, 0.2) is 59.7 Å². The second-order valence-electron chi connectivity index (χ2n) is 6.21. The minimum atomic E-state index is -0.637. The highest BCUT2D eigenvalue weighted by Gasteiger charge is 2.22. The molecule has 0 saturated heterocycles. The Morgan fingerprint density at radius 3 is 2.44 bits per heavy atom. The van der Waals surface area contributed by atoms with Gasteiger partial charge in [-0.3, -0.25) is 25.0 Å². The van der Waals surface area contributed by atoms with E-state index in [9.17, 15) is 29.4 Å². The standard InChI is InChI=1S/C19H10FN5O5S2/c20-12-3-7-15-16(9-12)32-19(22-15)23(21-10-14-6-8-17(31-14)25(29)30)18(26)11-1-4-13(5-2-11)24(27)28/h1-10H/b21-10+. The Labute approximate surface area is 186 Å². The highest BCUT2D eigenvalue weighted by Crippen LogP contribution is 2.31. The van der Waals surface area contributed by atoms with E-state index in [0.29, 0.717) is 15.1 Å². The van der Waals surface area contributed by atoms with Crippen LogP contribution in [-0.4, -0.2) is 27.0 Å². The fourth-order valence-corrected chi connectivity index (χ4v) is 4.27. The van der Waals surface area contributed by atoms with Gasteiger partial charge in [-0.2, -0.15) is 10.1 Å². The summed E-state index contributed by atoms with van der Waals surface area (Å²) in [5.74, 6) is -1.10. The Kier molecular flexibility index (Phi) is 5.66. The quantitative estimate of drug-likeness (QED) is 0.221. The monoisotopic (exact) mass is 471 g/mol. The third kappa shape index (κ3) is 4.33. The highest BCUT2D eigenvalue weighted by molar-refractivity contribution is 7.22. The molecule has 0 bridgehead atoms. The number of nitro benzene ring substituents is 1. The number of amides is 1. The number of thiazole rings is 1. The van der Waals surface area contributed by atoms with Gasteiger partial charge in [0.05, 0.1) is 31.2 Å². The molecule has 0 radical (unpaired) electrons. The first-order valence-electron chi connectivity index (χ1n) is 8.75. The molecule has 0 fully saturated rings. The lowest BCUT2D eigenvalue weighted by Crippen LogP contribution is -2.25. The molecule has 0 aliphatic rings. The summed E-state index contributed by atoms with van der Waals surface area (Å²) in [6.07, 6.45) is 1.27. The Morgan fingerprint density at radius 2 is 1.78 bits per heavy atom. The maximum Gasteiger partial charge on any atom is 0.324 e. The van der Waals surface area contributed by atoms with Crippen molar-refractivity contribution in [3.8, 4) is 0 Å². The van der Waals surface area contributed by atoms with E-state index >= 15 is 0 Å². The third-order valence-electron chi connectivity index (χ3n) is 4.13. The van der Waals surface area contributed by atoms with Crippen LogP contribution in [0.1, 0.15) is 15.2 Å². The average Bonchev–Trinajstić information content (AvgIpc) is 3.40.